The molecule has 0 saturated carbocycles. The molecule has 0 spiro atoms. The molecule has 0 aliphatic rings. The topological polar surface area (TPSA) is 32.3 Å². The van der Waals surface area contributed by atoms with Crippen LogP contribution in [-0.4, -0.2) is 11.7 Å². The van der Waals surface area contributed by atoms with Crippen LogP contribution in [0, 0.1) is 5.82 Å². The van der Waals surface area contributed by atoms with E-state index in [4.69, 9.17) is 11.6 Å². The predicted octanol–water partition coefficient (Wildman–Crippen LogP) is 3.69. The summed E-state index contributed by atoms with van der Waals surface area (Å²) in [6, 6.07) is 13.6. The maximum atomic E-state index is 12.7. The Morgan fingerprint density at radius 3 is 2.35 bits per heavy atom. The highest BCUT2D eigenvalue weighted by Crippen LogP contribution is 2.18. The standard InChI is InChI=1S/C16H17ClFNO/c17-14-5-3-13(4-6-14)16(20)9-10-19-11-12-1-7-15(18)8-2-12/h1-8,16,19-20H,9-11H2. The number of hydrogen-bond donors (Lipinski definition) is 2. The van der Waals surface area contributed by atoms with Gasteiger partial charge in [0.05, 0.1) is 6.10 Å². The zero-order chi connectivity index (χ0) is 14.4. The lowest BCUT2D eigenvalue weighted by Crippen LogP contribution is -2.17. The first-order valence-electron chi connectivity index (χ1n) is 6.54. The summed E-state index contributed by atoms with van der Waals surface area (Å²) in [4.78, 5) is 0. The van der Waals surface area contributed by atoms with Gasteiger partial charge in [0, 0.05) is 11.6 Å². The molecule has 0 fully saturated rings. The first-order valence-corrected chi connectivity index (χ1v) is 6.91. The SMILES string of the molecule is OC(CCNCc1ccc(F)cc1)c1ccc(Cl)cc1. The van der Waals surface area contributed by atoms with Crippen molar-refractivity contribution < 1.29 is 9.50 Å². The van der Waals surface area contributed by atoms with Crippen molar-refractivity contribution in [3.05, 3.63) is 70.5 Å². The van der Waals surface area contributed by atoms with E-state index in [0.717, 1.165) is 11.1 Å². The molecule has 0 aromatic heterocycles. The van der Waals surface area contributed by atoms with E-state index in [9.17, 15) is 9.50 Å². The van der Waals surface area contributed by atoms with Crippen LogP contribution in [0.4, 0.5) is 4.39 Å². The Labute approximate surface area is 123 Å². The van der Waals surface area contributed by atoms with Crippen molar-refractivity contribution in [1.82, 2.24) is 5.32 Å². The van der Waals surface area contributed by atoms with Crippen molar-refractivity contribution in [2.75, 3.05) is 6.54 Å². The molecule has 1 atom stereocenters. The molecule has 1 unspecified atom stereocenters. The van der Waals surface area contributed by atoms with Crippen molar-refractivity contribution in [2.24, 2.45) is 0 Å². The van der Waals surface area contributed by atoms with Gasteiger partial charge in [-0.2, -0.15) is 0 Å². The highest BCUT2D eigenvalue weighted by molar-refractivity contribution is 6.30. The van der Waals surface area contributed by atoms with E-state index in [-0.39, 0.29) is 5.82 Å². The monoisotopic (exact) mass is 293 g/mol. The second kappa shape index (κ2) is 7.39. The van der Waals surface area contributed by atoms with Crippen LogP contribution >= 0.6 is 11.6 Å². The van der Waals surface area contributed by atoms with Gasteiger partial charge >= 0.3 is 0 Å². The molecule has 4 heteroatoms. The van der Waals surface area contributed by atoms with E-state index in [1.54, 1.807) is 24.3 Å². The Kier molecular flexibility index (Phi) is 5.53. The van der Waals surface area contributed by atoms with Gasteiger partial charge in [0.2, 0.25) is 0 Å². The third-order valence-corrected chi connectivity index (χ3v) is 3.34. The molecule has 106 valence electrons. The lowest BCUT2D eigenvalue weighted by Gasteiger charge is -2.12. The fourth-order valence-electron chi connectivity index (χ4n) is 1.93. The van der Waals surface area contributed by atoms with Gasteiger partial charge in [0.25, 0.3) is 0 Å². The van der Waals surface area contributed by atoms with Gasteiger partial charge < -0.3 is 10.4 Å². The summed E-state index contributed by atoms with van der Waals surface area (Å²) in [5.41, 5.74) is 1.88. The number of aliphatic hydroxyl groups is 1. The van der Waals surface area contributed by atoms with E-state index in [1.807, 2.05) is 12.1 Å². The van der Waals surface area contributed by atoms with Gasteiger partial charge in [0.1, 0.15) is 5.82 Å². The first kappa shape index (κ1) is 15.0. The van der Waals surface area contributed by atoms with E-state index in [2.05, 4.69) is 5.32 Å². The van der Waals surface area contributed by atoms with Crippen LogP contribution in [0.25, 0.3) is 0 Å². The molecule has 2 aromatic carbocycles. The second-order valence-electron chi connectivity index (χ2n) is 4.66. The molecule has 2 nitrogen and oxygen atoms in total. The maximum absolute atomic E-state index is 12.7. The molecule has 20 heavy (non-hydrogen) atoms. The third kappa shape index (κ3) is 4.60. The average Bonchev–Trinajstić information content (AvgIpc) is 2.46. The van der Waals surface area contributed by atoms with Crippen LogP contribution < -0.4 is 5.32 Å². The van der Waals surface area contributed by atoms with Crippen LogP contribution in [0.15, 0.2) is 48.5 Å². The van der Waals surface area contributed by atoms with Crippen LogP contribution in [0.2, 0.25) is 5.02 Å². The number of aliphatic hydroxyl groups excluding tert-OH is 1. The zero-order valence-electron chi connectivity index (χ0n) is 11.0. The molecule has 0 heterocycles. The molecule has 0 saturated heterocycles. The summed E-state index contributed by atoms with van der Waals surface area (Å²) in [7, 11) is 0. The second-order valence-corrected chi connectivity index (χ2v) is 5.10. The summed E-state index contributed by atoms with van der Waals surface area (Å²) in [6.45, 7) is 1.34. The summed E-state index contributed by atoms with van der Waals surface area (Å²) in [5.74, 6) is -0.230. The van der Waals surface area contributed by atoms with Crippen LogP contribution in [0.1, 0.15) is 23.7 Å². The van der Waals surface area contributed by atoms with E-state index >= 15 is 0 Å². The molecular weight excluding hydrogens is 277 g/mol. The number of nitrogens with one attached hydrogen (secondary N) is 1. The van der Waals surface area contributed by atoms with Gasteiger partial charge in [0.15, 0.2) is 0 Å². The maximum Gasteiger partial charge on any atom is 0.123 e. The Morgan fingerprint density at radius 2 is 1.70 bits per heavy atom. The zero-order valence-corrected chi connectivity index (χ0v) is 11.8. The molecule has 2 N–H and O–H groups in total. The highest BCUT2D eigenvalue weighted by atomic mass is 35.5. The molecule has 2 aromatic rings. The quantitative estimate of drug-likeness (QED) is 0.796. The minimum absolute atomic E-state index is 0.230. The summed E-state index contributed by atoms with van der Waals surface area (Å²) < 4.78 is 12.7. The summed E-state index contributed by atoms with van der Waals surface area (Å²) in [6.07, 6.45) is 0.107. The number of rotatable bonds is 6. The van der Waals surface area contributed by atoms with Gasteiger partial charge in [-0.15, -0.1) is 0 Å². The van der Waals surface area contributed by atoms with E-state index in [1.165, 1.54) is 12.1 Å². The van der Waals surface area contributed by atoms with Gasteiger partial charge in [-0.3, -0.25) is 0 Å². The predicted molar refractivity (Wildman–Crippen MR) is 79.1 cm³/mol. The number of hydrogen-bond acceptors (Lipinski definition) is 2. The third-order valence-electron chi connectivity index (χ3n) is 3.09. The van der Waals surface area contributed by atoms with Crippen molar-refractivity contribution in [3.63, 3.8) is 0 Å². The van der Waals surface area contributed by atoms with Crippen molar-refractivity contribution in [3.8, 4) is 0 Å². The van der Waals surface area contributed by atoms with Crippen molar-refractivity contribution in [2.45, 2.75) is 19.1 Å². The Morgan fingerprint density at radius 1 is 1.05 bits per heavy atom. The largest absolute Gasteiger partial charge is 0.388 e. The van der Waals surface area contributed by atoms with Gasteiger partial charge in [-0.05, 0) is 48.4 Å². The first-order chi connectivity index (χ1) is 9.65. The van der Waals surface area contributed by atoms with Crippen LogP contribution in [0.3, 0.4) is 0 Å². The molecule has 0 amide bonds. The fourth-order valence-corrected chi connectivity index (χ4v) is 2.05. The molecule has 0 radical (unpaired) electrons. The van der Waals surface area contributed by atoms with Crippen molar-refractivity contribution >= 4 is 11.6 Å². The summed E-state index contributed by atoms with van der Waals surface area (Å²) in [5, 5.41) is 13.9. The average molecular weight is 294 g/mol. The van der Waals surface area contributed by atoms with Crippen LogP contribution in [-0.2, 0) is 6.54 Å². The lowest BCUT2D eigenvalue weighted by atomic mass is 10.1. The van der Waals surface area contributed by atoms with E-state index in [0.29, 0.717) is 24.5 Å². The van der Waals surface area contributed by atoms with Crippen LogP contribution in [0.5, 0.6) is 0 Å². The van der Waals surface area contributed by atoms with E-state index < -0.39 is 6.10 Å². The Bertz CT molecular complexity index is 527. The van der Waals surface area contributed by atoms with Gasteiger partial charge in [-0.1, -0.05) is 35.9 Å². The Balaban J connectivity index is 1.72. The number of benzene rings is 2. The molecule has 0 aliphatic carbocycles. The Hall–Kier alpha value is -1.42. The lowest BCUT2D eigenvalue weighted by molar-refractivity contribution is 0.167. The van der Waals surface area contributed by atoms with Crippen molar-refractivity contribution in [1.29, 1.82) is 0 Å². The smallest absolute Gasteiger partial charge is 0.123 e. The molecule has 2 rings (SSSR count). The minimum atomic E-state index is -0.506. The van der Waals surface area contributed by atoms with Gasteiger partial charge in [-0.25, -0.2) is 4.39 Å². The summed E-state index contributed by atoms with van der Waals surface area (Å²) >= 11 is 5.80. The fraction of sp³-hybridized carbons (Fsp3) is 0.250. The number of halogens is 2. The highest BCUT2D eigenvalue weighted by Gasteiger charge is 2.06. The minimum Gasteiger partial charge on any atom is -0.388 e. The normalized spacial score (nSPS) is 12.3. The molecular formula is C16H17ClFNO. The molecule has 0 aliphatic heterocycles. The molecule has 0 bridgehead atoms.